The molecule has 0 spiro atoms. The molecule has 1 amide bonds. The Morgan fingerprint density at radius 2 is 1.70 bits per heavy atom. The largest absolute Gasteiger partial charge is 0.494 e. The Hall–Kier alpha value is -2.24. The molecule has 0 saturated carbocycles. The molecule has 0 radical (unpaired) electrons. The van der Waals surface area contributed by atoms with E-state index in [1.807, 2.05) is 0 Å². The van der Waals surface area contributed by atoms with E-state index < -0.39 is 5.97 Å². The van der Waals surface area contributed by atoms with Crippen LogP contribution in [0.4, 0.5) is 0 Å². The lowest BCUT2D eigenvalue weighted by Crippen LogP contribution is -2.30. The number of nitrogens with one attached hydrogen (secondary N) is 1. The number of ether oxygens (including phenoxy) is 2. The van der Waals surface area contributed by atoms with Gasteiger partial charge in [0.2, 0.25) is 0 Å². The van der Waals surface area contributed by atoms with Crippen LogP contribution in [0.3, 0.4) is 0 Å². The highest BCUT2D eigenvalue weighted by molar-refractivity contribution is 6.35. The molecule has 0 aromatic heterocycles. The molecule has 0 atom stereocenters. The van der Waals surface area contributed by atoms with Gasteiger partial charge in [-0.05, 0) is 42.8 Å². The molecule has 2 aromatic carbocycles. The number of carbonyl (C=O) groups is 2. The van der Waals surface area contributed by atoms with E-state index in [9.17, 15) is 9.59 Å². The van der Waals surface area contributed by atoms with Crippen LogP contribution >= 0.6 is 23.2 Å². The first kappa shape index (κ1) is 21.1. The molecule has 0 saturated heterocycles. The topological polar surface area (TPSA) is 64.6 Å². The van der Waals surface area contributed by atoms with Gasteiger partial charge in [-0.1, -0.05) is 42.6 Å². The van der Waals surface area contributed by atoms with Crippen LogP contribution < -0.4 is 10.1 Å². The zero-order valence-corrected chi connectivity index (χ0v) is 16.5. The van der Waals surface area contributed by atoms with Gasteiger partial charge in [0, 0.05) is 21.2 Å². The van der Waals surface area contributed by atoms with Crippen LogP contribution in [0.2, 0.25) is 10.0 Å². The number of hydrogen-bond donors (Lipinski definition) is 1. The standard InChI is InChI=1S/C20H21Cl2NO4/c1-2-3-11-26-15-9-7-14(8-10-15)20(25)23-12-19(24)27-13-16-17(21)5-4-6-18(16)22/h4-10H,2-3,11-13H2,1H3,(H,23,25). The van der Waals surface area contributed by atoms with E-state index in [1.165, 1.54) is 0 Å². The fourth-order valence-electron chi connectivity index (χ4n) is 2.17. The lowest BCUT2D eigenvalue weighted by molar-refractivity contribution is -0.143. The van der Waals surface area contributed by atoms with Gasteiger partial charge in [0.25, 0.3) is 5.91 Å². The molecule has 0 unspecified atom stereocenters. The van der Waals surface area contributed by atoms with Crippen LogP contribution in [0.1, 0.15) is 35.7 Å². The van der Waals surface area contributed by atoms with Crippen molar-refractivity contribution >= 4 is 35.1 Å². The summed E-state index contributed by atoms with van der Waals surface area (Å²) in [7, 11) is 0. The highest BCUT2D eigenvalue weighted by Gasteiger charge is 2.11. The number of amides is 1. The number of rotatable bonds is 9. The quantitative estimate of drug-likeness (QED) is 0.483. The lowest BCUT2D eigenvalue weighted by atomic mass is 10.2. The average Bonchev–Trinajstić information content (AvgIpc) is 2.66. The fraction of sp³-hybridized carbons (Fsp3) is 0.300. The number of unbranched alkanes of at least 4 members (excludes halogenated alkanes) is 1. The molecule has 2 rings (SSSR count). The van der Waals surface area contributed by atoms with Gasteiger partial charge >= 0.3 is 5.97 Å². The maximum Gasteiger partial charge on any atom is 0.325 e. The summed E-state index contributed by atoms with van der Waals surface area (Å²) < 4.78 is 10.7. The number of halogens is 2. The molecule has 5 nitrogen and oxygen atoms in total. The Bertz CT molecular complexity index is 758. The highest BCUT2D eigenvalue weighted by Crippen LogP contribution is 2.24. The van der Waals surface area contributed by atoms with Crippen LogP contribution in [0.5, 0.6) is 5.75 Å². The second-order valence-corrected chi connectivity index (χ2v) is 6.58. The SMILES string of the molecule is CCCCOc1ccc(C(=O)NCC(=O)OCc2c(Cl)cccc2Cl)cc1. The van der Waals surface area contributed by atoms with Crippen molar-refractivity contribution in [3.63, 3.8) is 0 Å². The van der Waals surface area contributed by atoms with Gasteiger partial charge < -0.3 is 14.8 Å². The molecule has 2 aromatic rings. The predicted octanol–water partition coefficient (Wildman–Crippen LogP) is 4.65. The molecule has 0 aliphatic heterocycles. The van der Waals surface area contributed by atoms with Crippen molar-refractivity contribution in [2.75, 3.05) is 13.2 Å². The zero-order chi connectivity index (χ0) is 19.6. The van der Waals surface area contributed by atoms with Crippen molar-refractivity contribution in [3.8, 4) is 5.75 Å². The minimum absolute atomic E-state index is 0.0585. The third-order valence-electron chi connectivity index (χ3n) is 3.72. The van der Waals surface area contributed by atoms with E-state index in [1.54, 1.807) is 42.5 Å². The Morgan fingerprint density at radius 1 is 1.04 bits per heavy atom. The van der Waals surface area contributed by atoms with E-state index in [2.05, 4.69) is 12.2 Å². The van der Waals surface area contributed by atoms with Crippen LogP contribution in [0, 0.1) is 0 Å². The summed E-state index contributed by atoms with van der Waals surface area (Å²) in [6, 6.07) is 11.8. The average molecular weight is 410 g/mol. The molecule has 0 bridgehead atoms. The van der Waals surface area contributed by atoms with Crippen LogP contribution in [-0.4, -0.2) is 25.0 Å². The maximum atomic E-state index is 12.1. The number of esters is 1. The third kappa shape index (κ3) is 6.77. The van der Waals surface area contributed by atoms with Gasteiger partial charge in [-0.3, -0.25) is 9.59 Å². The molecular formula is C20H21Cl2NO4. The summed E-state index contributed by atoms with van der Waals surface area (Å²) in [5, 5.41) is 3.35. The number of carbonyl (C=O) groups excluding carboxylic acids is 2. The summed E-state index contributed by atoms with van der Waals surface area (Å²) >= 11 is 12.0. The normalized spacial score (nSPS) is 10.3. The van der Waals surface area contributed by atoms with Crippen molar-refractivity contribution in [1.29, 1.82) is 0 Å². The minimum atomic E-state index is -0.584. The van der Waals surface area contributed by atoms with Gasteiger partial charge in [-0.15, -0.1) is 0 Å². The van der Waals surface area contributed by atoms with Gasteiger partial charge in [0.1, 0.15) is 18.9 Å². The van der Waals surface area contributed by atoms with E-state index in [-0.39, 0.29) is 19.1 Å². The Labute approximate surface area is 168 Å². The summed E-state index contributed by atoms with van der Waals surface area (Å²) in [5.41, 5.74) is 0.957. The molecular weight excluding hydrogens is 389 g/mol. The summed E-state index contributed by atoms with van der Waals surface area (Å²) in [4.78, 5) is 23.9. The minimum Gasteiger partial charge on any atom is -0.494 e. The molecule has 0 aliphatic rings. The Kier molecular flexibility index (Phi) is 8.43. The fourth-order valence-corrected chi connectivity index (χ4v) is 2.67. The molecule has 1 N–H and O–H groups in total. The first-order valence-electron chi connectivity index (χ1n) is 8.60. The van der Waals surface area contributed by atoms with Crippen LogP contribution in [0.15, 0.2) is 42.5 Å². The van der Waals surface area contributed by atoms with Gasteiger partial charge in [-0.25, -0.2) is 0 Å². The third-order valence-corrected chi connectivity index (χ3v) is 4.42. The number of hydrogen-bond acceptors (Lipinski definition) is 4. The summed E-state index contributed by atoms with van der Waals surface area (Å²) in [5.74, 6) is -0.252. The van der Waals surface area contributed by atoms with Crippen molar-refractivity contribution in [3.05, 3.63) is 63.6 Å². The summed E-state index contributed by atoms with van der Waals surface area (Å²) in [6.45, 7) is 2.42. The monoisotopic (exact) mass is 409 g/mol. The highest BCUT2D eigenvalue weighted by atomic mass is 35.5. The second kappa shape index (κ2) is 10.8. The van der Waals surface area contributed by atoms with E-state index in [0.29, 0.717) is 33.5 Å². The van der Waals surface area contributed by atoms with Gasteiger partial charge in [0.05, 0.1) is 6.61 Å². The van der Waals surface area contributed by atoms with Gasteiger partial charge in [0.15, 0.2) is 0 Å². The molecule has 7 heteroatoms. The molecule has 0 heterocycles. The van der Waals surface area contributed by atoms with Crippen molar-refractivity contribution in [1.82, 2.24) is 5.32 Å². The van der Waals surface area contributed by atoms with Crippen molar-refractivity contribution in [2.45, 2.75) is 26.4 Å². The first-order valence-corrected chi connectivity index (χ1v) is 9.36. The Balaban J connectivity index is 1.78. The van der Waals surface area contributed by atoms with E-state index >= 15 is 0 Å². The van der Waals surface area contributed by atoms with Crippen molar-refractivity contribution in [2.24, 2.45) is 0 Å². The maximum absolute atomic E-state index is 12.1. The van der Waals surface area contributed by atoms with Crippen LogP contribution in [-0.2, 0) is 16.1 Å². The van der Waals surface area contributed by atoms with E-state index in [0.717, 1.165) is 12.8 Å². The summed E-state index contributed by atoms with van der Waals surface area (Å²) in [6.07, 6.45) is 2.03. The number of benzene rings is 2. The zero-order valence-electron chi connectivity index (χ0n) is 15.0. The van der Waals surface area contributed by atoms with Gasteiger partial charge in [-0.2, -0.15) is 0 Å². The molecule has 0 aliphatic carbocycles. The predicted molar refractivity (Wildman–Crippen MR) is 105 cm³/mol. The molecule has 144 valence electrons. The van der Waals surface area contributed by atoms with Crippen molar-refractivity contribution < 1.29 is 19.1 Å². The first-order chi connectivity index (χ1) is 13.0. The Morgan fingerprint density at radius 3 is 2.33 bits per heavy atom. The molecule has 0 fully saturated rings. The smallest absolute Gasteiger partial charge is 0.325 e. The molecule has 27 heavy (non-hydrogen) atoms. The van der Waals surface area contributed by atoms with E-state index in [4.69, 9.17) is 32.7 Å². The van der Waals surface area contributed by atoms with Crippen LogP contribution in [0.25, 0.3) is 0 Å². The lowest BCUT2D eigenvalue weighted by Gasteiger charge is -2.09. The second-order valence-electron chi connectivity index (χ2n) is 5.77.